The molecule has 2 heterocycles. The van der Waals surface area contributed by atoms with Crippen LogP contribution in [-0.4, -0.2) is 70.3 Å². The zero-order valence-electron chi connectivity index (χ0n) is 19.8. The highest BCUT2D eigenvalue weighted by Gasteiger charge is 2.18. The third-order valence-corrected chi connectivity index (χ3v) is 5.61. The topological polar surface area (TPSA) is 120 Å². The summed E-state index contributed by atoms with van der Waals surface area (Å²) in [5.74, 6) is -0.211. The molecule has 2 aromatic heterocycles. The van der Waals surface area contributed by atoms with Crippen molar-refractivity contribution in [3.63, 3.8) is 0 Å². The van der Waals surface area contributed by atoms with E-state index in [0.717, 1.165) is 5.39 Å². The van der Waals surface area contributed by atoms with Gasteiger partial charge in [0.2, 0.25) is 0 Å². The number of carbonyl (C=O) groups is 2. The lowest BCUT2D eigenvalue weighted by Crippen LogP contribution is -2.29. The standard InChI is InChI=1S/C23H30N6O4S/c1-5-33-13-11-24-19-18-14-26-29(20(18)28-23(27-19)34-15(2)3)12-10-25-21(30)16-8-6-7-9-17(16)22(31)32-4/h6-9,14-15H,5,10-13H2,1-4H3,(H,25,30)(H,24,27,28). The van der Waals surface area contributed by atoms with E-state index in [4.69, 9.17) is 14.5 Å². The molecule has 0 aliphatic rings. The molecule has 0 aliphatic heterocycles. The number of aromatic nitrogens is 4. The number of nitrogens with one attached hydrogen (secondary N) is 2. The van der Waals surface area contributed by atoms with Crippen molar-refractivity contribution in [1.29, 1.82) is 0 Å². The predicted octanol–water partition coefficient (Wildman–Crippen LogP) is 2.99. The lowest BCUT2D eigenvalue weighted by Gasteiger charge is -2.11. The van der Waals surface area contributed by atoms with Crippen LogP contribution >= 0.6 is 11.8 Å². The van der Waals surface area contributed by atoms with Gasteiger partial charge in [0.15, 0.2) is 10.8 Å². The van der Waals surface area contributed by atoms with Gasteiger partial charge in [0.05, 0.1) is 43.0 Å². The fourth-order valence-corrected chi connectivity index (χ4v) is 3.93. The van der Waals surface area contributed by atoms with Gasteiger partial charge in [-0.05, 0) is 19.1 Å². The number of fused-ring (bicyclic) bond motifs is 1. The molecule has 0 atom stereocenters. The predicted molar refractivity (Wildman–Crippen MR) is 131 cm³/mol. The summed E-state index contributed by atoms with van der Waals surface area (Å²) in [5.41, 5.74) is 1.16. The van der Waals surface area contributed by atoms with Crippen LogP contribution in [0.5, 0.6) is 0 Å². The van der Waals surface area contributed by atoms with Gasteiger partial charge in [0, 0.05) is 24.9 Å². The van der Waals surface area contributed by atoms with Crippen LogP contribution in [0.3, 0.4) is 0 Å². The van der Waals surface area contributed by atoms with Crippen molar-refractivity contribution in [2.75, 3.05) is 38.7 Å². The van der Waals surface area contributed by atoms with Crippen LogP contribution in [0.4, 0.5) is 5.82 Å². The van der Waals surface area contributed by atoms with Crippen molar-refractivity contribution in [2.45, 2.75) is 37.7 Å². The van der Waals surface area contributed by atoms with E-state index in [1.807, 2.05) is 6.92 Å². The first-order valence-electron chi connectivity index (χ1n) is 11.1. The largest absolute Gasteiger partial charge is 0.465 e. The summed E-state index contributed by atoms with van der Waals surface area (Å²) in [6, 6.07) is 6.54. The van der Waals surface area contributed by atoms with Gasteiger partial charge >= 0.3 is 5.97 Å². The average Bonchev–Trinajstić information content (AvgIpc) is 3.23. The second-order valence-corrected chi connectivity index (χ2v) is 9.09. The van der Waals surface area contributed by atoms with Crippen molar-refractivity contribution in [1.82, 2.24) is 25.1 Å². The Morgan fingerprint density at radius 2 is 1.91 bits per heavy atom. The van der Waals surface area contributed by atoms with Gasteiger partial charge < -0.3 is 20.1 Å². The SMILES string of the molecule is CCOCCNc1nc(SC(C)C)nc2c1cnn2CCNC(=O)c1ccccc1C(=O)OC. The maximum Gasteiger partial charge on any atom is 0.338 e. The molecule has 3 aromatic rings. The first kappa shape index (κ1) is 25.4. The van der Waals surface area contributed by atoms with Gasteiger partial charge in [-0.3, -0.25) is 4.79 Å². The molecule has 0 saturated carbocycles. The van der Waals surface area contributed by atoms with E-state index in [1.54, 1.807) is 46.9 Å². The number of hydrogen-bond acceptors (Lipinski definition) is 9. The van der Waals surface area contributed by atoms with Gasteiger partial charge in [-0.25, -0.2) is 19.4 Å². The molecular formula is C23H30N6O4S. The first-order valence-corrected chi connectivity index (χ1v) is 12.0. The summed E-state index contributed by atoms with van der Waals surface area (Å²) in [6.07, 6.45) is 1.72. The molecule has 0 saturated heterocycles. The minimum Gasteiger partial charge on any atom is -0.465 e. The van der Waals surface area contributed by atoms with Crippen LogP contribution in [0.25, 0.3) is 11.0 Å². The Morgan fingerprint density at radius 1 is 1.15 bits per heavy atom. The molecule has 0 aliphatic carbocycles. The Bertz CT molecular complexity index is 1130. The van der Waals surface area contributed by atoms with Crippen molar-refractivity contribution in [3.8, 4) is 0 Å². The molecule has 1 amide bonds. The van der Waals surface area contributed by atoms with E-state index in [1.165, 1.54) is 7.11 Å². The number of benzene rings is 1. The molecule has 2 N–H and O–H groups in total. The maximum absolute atomic E-state index is 12.7. The molecule has 34 heavy (non-hydrogen) atoms. The van der Waals surface area contributed by atoms with Gasteiger partial charge in [0.25, 0.3) is 5.91 Å². The smallest absolute Gasteiger partial charge is 0.338 e. The number of hydrogen-bond donors (Lipinski definition) is 2. The number of methoxy groups -OCH3 is 1. The van der Waals surface area contributed by atoms with Gasteiger partial charge in [-0.15, -0.1) is 0 Å². The molecule has 1 aromatic carbocycles. The quantitative estimate of drug-likeness (QED) is 0.172. The highest BCUT2D eigenvalue weighted by atomic mass is 32.2. The van der Waals surface area contributed by atoms with E-state index < -0.39 is 5.97 Å². The maximum atomic E-state index is 12.7. The number of ether oxygens (including phenoxy) is 2. The normalized spacial score (nSPS) is 11.1. The number of anilines is 1. The first-order chi connectivity index (χ1) is 16.4. The molecule has 182 valence electrons. The van der Waals surface area contributed by atoms with Crippen LogP contribution in [0.1, 0.15) is 41.5 Å². The molecule has 0 unspecified atom stereocenters. The summed E-state index contributed by atoms with van der Waals surface area (Å²) in [4.78, 5) is 34.0. The number of amides is 1. The highest BCUT2D eigenvalue weighted by molar-refractivity contribution is 7.99. The van der Waals surface area contributed by atoms with Crippen LogP contribution in [0, 0.1) is 0 Å². The second-order valence-electron chi connectivity index (χ2n) is 7.54. The lowest BCUT2D eigenvalue weighted by atomic mass is 10.1. The second kappa shape index (κ2) is 12.3. The number of thioether (sulfide) groups is 1. The Balaban J connectivity index is 1.74. The highest BCUT2D eigenvalue weighted by Crippen LogP contribution is 2.26. The zero-order valence-corrected chi connectivity index (χ0v) is 20.6. The molecular weight excluding hydrogens is 456 g/mol. The molecule has 0 bridgehead atoms. The third-order valence-electron chi connectivity index (χ3n) is 4.75. The van der Waals surface area contributed by atoms with Gasteiger partial charge in [0.1, 0.15) is 5.82 Å². The minimum atomic E-state index is -0.555. The molecule has 11 heteroatoms. The molecule has 0 radical (unpaired) electrons. The summed E-state index contributed by atoms with van der Waals surface area (Å²) in [5, 5.41) is 12.4. The van der Waals surface area contributed by atoms with Gasteiger partial charge in [-0.2, -0.15) is 5.10 Å². The van der Waals surface area contributed by atoms with Crippen LogP contribution in [0.15, 0.2) is 35.6 Å². The Morgan fingerprint density at radius 3 is 2.62 bits per heavy atom. The van der Waals surface area contributed by atoms with E-state index >= 15 is 0 Å². The van der Waals surface area contributed by atoms with Crippen molar-refractivity contribution >= 4 is 40.5 Å². The summed E-state index contributed by atoms with van der Waals surface area (Å²) in [7, 11) is 1.29. The molecule has 10 nitrogen and oxygen atoms in total. The molecule has 0 spiro atoms. The Hall–Kier alpha value is -3.18. The van der Waals surface area contributed by atoms with E-state index in [0.29, 0.717) is 54.7 Å². The van der Waals surface area contributed by atoms with Crippen LogP contribution < -0.4 is 10.6 Å². The fourth-order valence-electron chi connectivity index (χ4n) is 3.22. The van der Waals surface area contributed by atoms with Crippen molar-refractivity contribution < 1.29 is 19.1 Å². The average molecular weight is 487 g/mol. The van der Waals surface area contributed by atoms with E-state index in [9.17, 15) is 9.59 Å². The van der Waals surface area contributed by atoms with Crippen molar-refractivity contribution in [3.05, 3.63) is 41.6 Å². The van der Waals surface area contributed by atoms with Crippen molar-refractivity contribution in [2.24, 2.45) is 0 Å². The summed E-state index contributed by atoms with van der Waals surface area (Å²) in [6.45, 7) is 8.67. The monoisotopic (exact) mass is 486 g/mol. The van der Waals surface area contributed by atoms with Crippen LogP contribution in [-0.2, 0) is 16.0 Å². The fraction of sp³-hybridized carbons (Fsp3) is 0.435. The Labute approximate surface area is 202 Å². The number of rotatable bonds is 12. The number of esters is 1. The molecule has 0 fully saturated rings. The summed E-state index contributed by atoms with van der Waals surface area (Å²) < 4.78 is 11.9. The van der Waals surface area contributed by atoms with E-state index in [2.05, 4.69) is 34.6 Å². The lowest BCUT2D eigenvalue weighted by molar-refractivity contribution is 0.0596. The summed E-state index contributed by atoms with van der Waals surface area (Å²) >= 11 is 1.57. The Kier molecular flexibility index (Phi) is 9.23. The zero-order chi connectivity index (χ0) is 24.5. The molecule has 3 rings (SSSR count). The minimum absolute atomic E-state index is 0.220. The third kappa shape index (κ3) is 6.45. The van der Waals surface area contributed by atoms with E-state index in [-0.39, 0.29) is 17.0 Å². The van der Waals surface area contributed by atoms with Gasteiger partial charge in [-0.1, -0.05) is 37.7 Å². The number of carbonyl (C=O) groups excluding carboxylic acids is 2. The van der Waals surface area contributed by atoms with Crippen LogP contribution in [0.2, 0.25) is 0 Å². The number of nitrogens with zero attached hydrogens (tertiary/aromatic N) is 4.